The Labute approximate surface area is 168 Å². The van der Waals surface area contributed by atoms with E-state index in [0.29, 0.717) is 6.54 Å². The van der Waals surface area contributed by atoms with Crippen LogP contribution in [-0.2, 0) is 6.42 Å². The van der Waals surface area contributed by atoms with Crippen molar-refractivity contribution in [2.24, 2.45) is 0 Å². The van der Waals surface area contributed by atoms with Crippen LogP contribution in [0.4, 0.5) is 11.4 Å². The van der Waals surface area contributed by atoms with E-state index in [9.17, 15) is 9.59 Å². The zero-order valence-corrected chi connectivity index (χ0v) is 17.0. The van der Waals surface area contributed by atoms with Crippen molar-refractivity contribution in [3.63, 3.8) is 0 Å². The van der Waals surface area contributed by atoms with E-state index in [1.165, 1.54) is 11.3 Å². The molecular weight excluding hydrogens is 368 g/mol. The molecule has 0 saturated heterocycles. The molecule has 1 aliphatic heterocycles. The fourth-order valence-corrected chi connectivity index (χ4v) is 4.63. The third-order valence-corrected chi connectivity index (χ3v) is 5.97. The number of amides is 2. The van der Waals surface area contributed by atoms with Gasteiger partial charge in [-0.15, -0.1) is 11.3 Å². The number of fused-ring (bicyclic) bond motifs is 1. The molecule has 0 bridgehead atoms. The number of carbonyl (C=O) groups is 2. The highest BCUT2D eigenvalue weighted by Gasteiger charge is 2.26. The quantitative estimate of drug-likeness (QED) is 0.674. The Bertz CT molecular complexity index is 1050. The molecule has 1 aromatic heterocycles. The lowest BCUT2D eigenvalue weighted by atomic mass is 9.99. The van der Waals surface area contributed by atoms with Crippen LogP contribution in [0.1, 0.15) is 42.3 Å². The molecule has 0 unspecified atom stereocenters. The van der Waals surface area contributed by atoms with Gasteiger partial charge < -0.3 is 10.2 Å². The average molecular weight is 391 g/mol. The van der Waals surface area contributed by atoms with E-state index < -0.39 is 0 Å². The molecule has 0 saturated carbocycles. The van der Waals surface area contributed by atoms with Crippen LogP contribution < -0.4 is 10.2 Å². The Balaban J connectivity index is 1.56. The number of nitrogens with one attached hydrogen (secondary N) is 1. The molecule has 2 heterocycles. The molecule has 28 heavy (non-hydrogen) atoms. The number of hydrogen-bond acceptors (Lipinski definition) is 3. The molecular formula is C23H22N2O2S. The van der Waals surface area contributed by atoms with Crippen molar-refractivity contribution in [3.05, 3.63) is 80.5 Å². The summed E-state index contributed by atoms with van der Waals surface area (Å²) in [4.78, 5) is 28.1. The van der Waals surface area contributed by atoms with Crippen LogP contribution in [-0.4, -0.2) is 18.4 Å². The zero-order chi connectivity index (χ0) is 19.8. The first kappa shape index (κ1) is 18.4. The monoisotopic (exact) mass is 390 g/mol. The van der Waals surface area contributed by atoms with Crippen LogP contribution >= 0.6 is 11.3 Å². The number of hydrogen-bond donors (Lipinski definition) is 1. The van der Waals surface area contributed by atoms with Crippen molar-refractivity contribution >= 4 is 34.5 Å². The summed E-state index contributed by atoms with van der Waals surface area (Å²) in [6.07, 6.45) is 0.790. The molecule has 0 radical (unpaired) electrons. The summed E-state index contributed by atoms with van der Waals surface area (Å²) in [5.41, 5.74) is 6.60. The van der Waals surface area contributed by atoms with Crippen LogP contribution in [0.2, 0.25) is 0 Å². The fourth-order valence-electron chi connectivity index (χ4n) is 3.96. The second kappa shape index (κ2) is 7.24. The number of aryl methyl sites for hydroxylation is 3. The van der Waals surface area contributed by atoms with E-state index in [0.717, 1.165) is 50.5 Å². The Hall–Kier alpha value is -2.92. The van der Waals surface area contributed by atoms with Crippen molar-refractivity contribution in [2.45, 2.75) is 27.2 Å². The van der Waals surface area contributed by atoms with E-state index in [4.69, 9.17) is 0 Å². The van der Waals surface area contributed by atoms with Crippen LogP contribution in [0, 0.1) is 20.8 Å². The first-order chi connectivity index (χ1) is 13.4. The molecule has 0 atom stereocenters. The van der Waals surface area contributed by atoms with Gasteiger partial charge in [0.25, 0.3) is 11.8 Å². The van der Waals surface area contributed by atoms with Crippen LogP contribution in [0.15, 0.2) is 47.8 Å². The summed E-state index contributed by atoms with van der Waals surface area (Å²) >= 11 is 1.46. The number of rotatable bonds is 3. The molecule has 142 valence electrons. The van der Waals surface area contributed by atoms with Gasteiger partial charge >= 0.3 is 0 Å². The Morgan fingerprint density at radius 1 is 1.04 bits per heavy atom. The summed E-state index contributed by atoms with van der Waals surface area (Å²) in [5.74, 6) is -0.0593. The zero-order valence-electron chi connectivity index (χ0n) is 16.2. The minimum absolute atomic E-state index is 0.0384. The summed E-state index contributed by atoms with van der Waals surface area (Å²) in [7, 11) is 0. The molecule has 0 spiro atoms. The number of carbonyl (C=O) groups excluding carboxylic acids is 2. The predicted molar refractivity (Wildman–Crippen MR) is 115 cm³/mol. The number of nitrogens with zero attached hydrogens (tertiary/aromatic N) is 1. The lowest BCUT2D eigenvalue weighted by molar-refractivity contribution is 0.0991. The average Bonchev–Trinajstić information content (AvgIpc) is 3.30. The second-order valence-electron chi connectivity index (χ2n) is 7.26. The van der Waals surface area contributed by atoms with Crippen molar-refractivity contribution in [1.29, 1.82) is 0 Å². The van der Waals surface area contributed by atoms with Crippen LogP contribution in [0.3, 0.4) is 0 Å². The Morgan fingerprint density at radius 2 is 1.79 bits per heavy atom. The van der Waals surface area contributed by atoms with E-state index in [1.807, 2.05) is 73.5 Å². The van der Waals surface area contributed by atoms with Crippen LogP contribution in [0.25, 0.3) is 0 Å². The number of benzene rings is 2. The van der Waals surface area contributed by atoms with Crippen molar-refractivity contribution in [1.82, 2.24) is 0 Å². The van der Waals surface area contributed by atoms with Crippen molar-refractivity contribution in [3.8, 4) is 0 Å². The highest BCUT2D eigenvalue weighted by molar-refractivity contribution is 7.12. The highest BCUT2D eigenvalue weighted by atomic mass is 32.1. The molecule has 1 aliphatic rings. The lowest BCUT2D eigenvalue weighted by Gasteiger charge is -2.17. The molecule has 2 amide bonds. The summed E-state index contributed by atoms with van der Waals surface area (Å²) in [6, 6.07) is 13.6. The second-order valence-corrected chi connectivity index (χ2v) is 8.20. The van der Waals surface area contributed by atoms with Gasteiger partial charge in [0, 0.05) is 23.5 Å². The minimum Gasteiger partial charge on any atom is -0.322 e. The first-order valence-electron chi connectivity index (χ1n) is 9.31. The Morgan fingerprint density at radius 3 is 2.46 bits per heavy atom. The topological polar surface area (TPSA) is 49.4 Å². The maximum Gasteiger partial charge on any atom is 0.268 e. The molecule has 4 rings (SSSR count). The maximum atomic E-state index is 12.8. The molecule has 1 N–H and O–H groups in total. The smallest absolute Gasteiger partial charge is 0.268 e. The largest absolute Gasteiger partial charge is 0.322 e. The molecule has 0 fully saturated rings. The SMILES string of the molecule is Cc1cc(C)c(C(=O)Nc2ccc3c(c2)CCN3C(=O)c2cccs2)c(C)c1. The van der Waals surface area contributed by atoms with E-state index in [2.05, 4.69) is 5.32 Å². The first-order valence-corrected chi connectivity index (χ1v) is 10.2. The van der Waals surface area contributed by atoms with Gasteiger partial charge in [-0.05, 0) is 73.5 Å². The normalized spacial score (nSPS) is 12.8. The van der Waals surface area contributed by atoms with Gasteiger partial charge in [-0.2, -0.15) is 0 Å². The third-order valence-electron chi connectivity index (χ3n) is 5.11. The van der Waals surface area contributed by atoms with Gasteiger partial charge in [-0.1, -0.05) is 23.8 Å². The van der Waals surface area contributed by atoms with Gasteiger partial charge in [0.05, 0.1) is 4.88 Å². The molecule has 5 heteroatoms. The molecule has 3 aromatic rings. The third kappa shape index (κ3) is 3.34. The molecule has 2 aromatic carbocycles. The summed E-state index contributed by atoms with van der Waals surface area (Å²) in [6.45, 7) is 6.63. The summed E-state index contributed by atoms with van der Waals surface area (Å²) < 4.78 is 0. The van der Waals surface area contributed by atoms with Gasteiger partial charge in [0.15, 0.2) is 0 Å². The number of anilines is 2. The predicted octanol–water partition coefficient (Wildman–Crippen LogP) is 5.13. The summed E-state index contributed by atoms with van der Waals surface area (Å²) in [5, 5.41) is 4.93. The van der Waals surface area contributed by atoms with Crippen molar-refractivity contribution < 1.29 is 9.59 Å². The van der Waals surface area contributed by atoms with Crippen LogP contribution in [0.5, 0.6) is 0 Å². The van der Waals surface area contributed by atoms with E-state index in [1.54, 1.807) is 0 Å². The number of thiophene rings is 1. The van der Waals surface area contributed by atoms with Gasteiger partial charge in [0.2, 0.25) is 0 Å². The maximum absolute atomic E-state index is 12.8. The van der Waals surface area contributed by atoms with Gasteiger partial charge in [-0.3, -0.25) is 9.59 Å². The van der Waals surface area contributed by atoms with Gasteiger partial charge in [0.1, 0.15) is 0 Å². The Kier molecular flexibility index (Phi) is 4.77. The standard InChI is InChI=1S/C23H22N2O2S/c1-14-11-15(2)21(16(3)12-14)22(26)24-18-6-7-19-17(13-18)8-9-25(19)23(27)20-5-4-10-28-20/h4-7,10-13H,8-9H2,1-3H3,(H,24,26). The van der Waals surface area contributed by atoms with E-state index >= 15 is 0 Å². The van der Waals surface area contributed by atoms with Crippen molar-refractivity contribution in [2.75, 3.05) is 16.8 Å². The van der Waals surface area contributed by atoms with Gasteiger partial charge in [-0.25, -0.2) is 0 Å². The highest BCUT2D eigenvalue weighted by Crippen LogP contribution is 2.32. The minimum atomic E-state index is -0.0977. The van der Waals surface area contributed by atoms with E-state index in [-0.39, 0.29) is 11.8 Å². The molecule has 0 aliphatic carbocycles. The lowest BCUT2D eigenvalue weighted by Crippen LogP contribution is -2.28. The molecule has 4 nitrogen and oxygen atoms in total. The fraction of sp³-hybridized carbons (Fsp3) is 0.217.